The van der Waals surface area contributed by atoms with E-state index in [1.165, 1.54) is 18.1 Å². The van der Waals surface area contributed by atoms with E-state index in [0.717, 1.165) is 11.3 Å². The molecule has 0 saturated carbocycles. The SMILES string of the molecule is CCOc1ccc(CN(C)C(=O)COC(=O)c2cc(Cl)ccc2OC)cc1. The minimum atomic E-state index is -0.669. The number of likely N-dealkylation sites (N-methyl/N-ethyl adjacent to an activating group) is 1. The Kier molecular flexibility index (Phi) is 7.49. The van der Waals surface area contributed by atoms with Crippen LogP contribution in [0.15, 0.2) is 42.5 Å². The number of benzene rings is 2. The van der Waals surface area contributed by atoms with Gasteiger partial charge in [0.25, 0.3) is 5.91 Å². The maximum absolute atomic E-state index is 12.2. The summed E-state index contributed by atoms with van der Waals surface area (Å²) in [5, 5.41) is 0.377. The van der Waals surface area contributed by atoms with Crippen LogP contribution in [0.3, 0.4) is 0 Å². The third-order valence-corrected chi connectivity index (χ3v) is 4.02. The molecule has 0 saturated heterocycles. The average Bonchev–Trinajstić information content (AvgIpc) is 2.67. The van der Waals surface area contributed by atoms with Gasteiger partial charge in [0.2, 0.25) is 0 Å². The van der Waals surface area contributed by atoms with Crippen molar-refractivity contribution in [3.8, 4) is 11.5 Å². The van der Waals surface area contributed by atoms with Crippen molar-refractivity contribution in [3.63, 3.8) is 0 Å². The number of halogens is 1. The van der Waals surface area contributed by atoms with Crippen molar-refractivity contribution >= 4 is 23.5 Å². The molecule has 0 aliphatic heterocycles. The Balaban J connectivity index is 1.91. The second-order valence-corrected chi connectivity index (χ2v) is 6.18. The van der Waals surface area contributed by atoms with Crippen LogP contribution < -0.4 is 9.47 Å². The molecule has 0 atom stereocenters. The zero-order valence-corrected chi connectivity index (χ0v) is 16.3. The number of methoxy groups -OCH3 is 1. The fourth-order valence-electron chi connectivity index (χ4n) is 2.37. The van der Waals surface area contributed by atoms with E-state index >= 15 is 0 Å². The highest BCUT2D eigenvalue weighted by Gasteiger charge is 2.17. The number of ether oxygens (including phenoxy) is 3. The molecule has 0 aliphatic rings. The second-order valence-electron chi connectivity index (χ2n) is 5.75. The first kappa shape index (κ1) is 20.6. The number of amides is 1. The number of nitrogens with zero attached hydrogens (tertiary/aromatic N) is 1. The van der Waals surface area contributed by atoms with Crippen LogP contribution in [-0.2, 0) is 16.1 Å². The van der Waals surface area contributed by atoms with Gasteiger partial charge in [-0.05, 0) is 42.8 Å². The van der Waals surface area contributed by atoms with Crippen LogP contribution in [0.5, 0.6) is 11.5 Å². The lowest BCUT2D eigenvalue weighted by Crippen LogP contribution is -2.30. The Morgan fingerprint density at radius 3 is 2.44 bits per heavy atom. The van der Waals surface area contributed by atoms with E-state index < -0.39 is 5.97 Å². The molecular weight excluding hydrogens is 370 g/mol. The first-order valence-electron chi connectivity index (χ1n) is 8.41. The van der Waals surface area contributed by atoms with Crippen molar-refractivity contribution in [2.75, 3.05) is 27.4 Å². The van der Waals surface area contributed by atoms with Crippen LogP contribution in [0.2, 0.25) is 5.02 Å². The predicted octanol–water partition coefficient (Wildman–Crippen LogP) is 3.56. The molecule has 27 heavy (non-hydrogen) atoms. The smallest absolute Gasteiger partial charge is 0.342 e. The number of esters is 1. The minimum Gasteiger partial charge on any atom is -0.496 e. The molecule has 2 aromatic carbocycles. The Morgan fingerprint density at radius 2 is 1.81 bits per heavy atom. The molecule has 6 nitrogen and oxygen atoms in total. The van der Waals surface area contributed by atoms with E-state index in [1.807, 2.05) is 31.2 Å². The van der Waals surface area contributed by atoms with Gasteiger partial charge < -0.3 is 19.1 Å². The van der Waals surface area contributed by atoms with Crippen molar-refractivity contribution in [1.29, 1.82) is 0 Å². The van der Waals surface area contributed by atoms with Crippen LogP contribution in [0, 0.1) is 0 Å². The summed E-state index contributed by atoms with van der Waals surface area (Å²) in [4.78, 5) is 25.9. The third-order valence-electron chi connectivity index (χ3n) is 3.79. The van der Waals surface area contributed by atoms with Crippen molar-refractivity contribution in [2.24, 2.45) is 0 Å². The summed E-state index contributed by atoms with van der Waals surface area (Å²) in [6.45, 7) is 2.53. The fourth-order valence-corrected chi connectivity index (χ4v) is 2.55. The molecular formula is C20H22ClNO5. The average molecular weight is 392 g/mol. The summed E-state index contributed by atoms with van der Waals surface area (Å²) in [7, 11) is 3.09. The molecule has 0 heterocycles. The van der Waals surface area contributed by atoms with Crippen molar-refractivity contribution in [2.45, 2.75) is 13.5 Å². The quantitative estimate of drug-likeness (QED) is 0.644. The Hall–Kier alpha value is -2.73. The molecule has 0 bridgehead atoms. The lowest BCUT2D eigenvalue weighted by atomic mass is 10.2. The fraction of sp³-hybridized carbons (Fsp3) is 0.300. The van der Waals surface area contributed by atoms with E-state index in [1.54, 1.807) is 19.2 Å². The zero-order chi connectivity index (χ0) is 19.8. The summed E-state index contributed by atoms with van der Waals surface area (Å²) < 4.78 is 15.6. The zero-order valence-electron chi connectivity index (χ0n) is 15.5. The van der Waals surface area contributed by atoms with Crippen LogP contribution in [0.4, 0.5) is 0 Å². The van der Waals surface area contributed by atoms with Crippen LogP contribution in [0.1, 0.15) is 22.8 Å². The van der Waals surface area contributed by atoms with Crippen LogP contribution >= 0.6 is 11.6 Å². The van der Waals surface area contributed by atoms with Gasteiger partial charge in [-0.25, -0.2) is 4.79 Å². The van der Waals surface area contributed by atoms with E-state index in [-0.39, 0.29) is 18.1 Å². The summed E-state index contributed by atoms with van der Waals surface area (Å²) in [6, 6.07) is 12.1. The molecule has 0 aromatic heterocycles. The maximum Gasteiger partial charge on any atom is 0.342 e. The van der Waals surface area contributed by atoms with Gasteiger partial charge >= 0.3 is 5.97 Å². The van der Waals surface area contributed by atoms with E-state index in [2.05, 4.69) is 0 Å². The highest BCUT2D eigenvalue weighted by Crippen LogP contribution is 2.23. The Morgan fingerprint density at radius 1 is 1.11 bits per heavy atom. The van der Waals surface area contributed by atoms with Crippen LogP contribution in [-0.4, -0.2) is 44.1 Å². The molecule has 1 amide bonds. The molecule has 144 valence electrons. The first-order chi connectivity index (χ1) is 12.9. The normalized spacial score (nSPS) is 10.2. The minimum absolute atomic E-state index is 0.173. The standard InChI is InChI=1S/C20H22ClNO5/c1-4-26-16-8-5-14(6-9-16)12-22(2)19(23)13-27-20(24)17-11-15(21)7-10-18(17)25-3/h5-11H,4,12-13H2,1-3H3. The number of carbonyl (C=O) groups excluding carboxylic acids is 2. The molecule has 0 N–H and O–H groups in total. The summed E-state index contributed by atoms with van der Waals surface area (Å²) in [5.74, 6) is 0.120. The van der Waals surface area contributed by atoms with E-state index in [4.69, 9.17) is 25.8 Å². The molecule has 7 heteroatoms. The van der Waals surface area contributed by atoms with E-state index in [0.29, 0.717) is 23.9 Å². The molecule has 0 radical (unpaired) electrons. The molecule has 0 unspecified atom stereocenters. The molecule has 0 spiro atoms. The molecule has 0 fully saturated rings. The van der Waals surface area contributed by atoms with Gasteiger partial charge in [0.1, 0.15) is 17.1 Å². The van der Waals surface area contributed by atoms with Crippen molar-refractivity contribution in [1.82, 2.24) is 4.90 Å². The largest absolute Gasteiger partial charge is 0.496 e. The van der Waals surface area contributed by atoms with Gasteiger partial charge in [-0.2, -0.15) is 0 Å². The van der Waals surface area contributed by atoms with Crippen LogP contribution in [0.25, 0.3) is 0 Å². The van der Waals surface area contributed by atoms with E-state index in [9.17, 15) is 9.59 Å². The highest BCUT2D eigenvalue weighted by molar-refractivity contribution is 6.31. The van der Waals surface area contributed by atoms with Gasteiger partial charge in [-0.15, -0.1) is 0 Å². The number of carbonyl (C=O) groups is 2. The summed E-state index contributed by atoms with van der Waals surface area (Å²) >= 11 is 5.90. The number of rotatable bonds is 8. The monoisotopic (exact) mass is 391 g/mol. The highest BCUT2D eigenvalue weighted by atomic mass is 35.5. The van der Waals surface area contributed by atoms with Gasteiger partial charge in [0.05, 0.1) is 13.7 Å². The van der Waals surface area contributed by atoms with Gasteiger partial charge in [-0.3, -0.25) is 4.79 Å². The summed E-state index contributed by atoms with van der Waals surface area (Å²) in [6.07, 6.45) is 0. The van der Waals surface area contributed by atoms with Crippen molar-refractivity contribution < 1.29 is 23.8 Å². The number of hydrogen-bond acceptors (Lipinski definition) is 5. The summed E-state index contributed by atoms with van der Waals surface area (Å²) in [5.41, 5.74) is 1.11. The van der Waals surface area contributed by atoms with Gasteiger partial charge in [0, 0.05) is 18.6 Å². The maximum atomic E-state index is 12.2. The molecule has 0 aliphatic carbocycles. The Labute approximate surface area is 163 Å². The third kappa shape index (κ3) is 5.89. The van der Waals surface area contributed by atoms with Gasteiger partial charge in [-0.1, -0.05) is 23.7 Å². The number of hydrogen-bond donors (Lipinski definition) is 0. The second kappa shape index (κ2) is 9.83. The van der Waals surface area contributed by atoms with Crippen molar-refractivity contribution in [3.05, 3.63) is 58.6 Å². The van der Waals surface area contributed by atoms with Gasteiger partial charge in [0.15, 0.2) is 6.61 Å². The lowest BCUT2D eigenvalue weighted by molar-refractivity contribution is -0.133. The first-order valence-corrected chi connectivity index (χ1v) is 8.78. The molecule has 2 rings (SSSR count). The topological polar surface area (TPSA) is 65.1 Å². The Bertz CT molecular complexity index is 791. The lowest BCUT2D eigenvalue weighted by Gasteiger charge is -2.17. The molecule has 2 aromatic rings. The predicted molar refractivity (Wildman–Crippen MR) is 102 cm³/mol.